The van der Waals surface area contributed by atoms with E-state index in [0.717, 1.165) is 21.3 Å². The summed E-state index contributed by atoms with van der Waals surface area (Å²) in [6, 6.07) is 15.7. The van der Waals surface area contributed by atoms with E-state index in [1.54, 1.807) is 7.11 Å². The van der Waals surface area contributed by atoms with Gasteiger partial charge in [-0.2, -0.15) is 0 Å². The van der Waals surface area contributed by atoms with Gasteiger partial charge in [0.1, 0.15) is 5.75 Å². The van der Waals surface area contributed by atoms with Gasteiger partial charge in [-0.05, 0) is 46.3 Å². The van der Waals surface area contributed by atoms with Crippen LogP contribution in [0.4, 0.5) is 0 Å². The summed E-state index contributed by atoms with van der Waals surface area (Å²) in [5, 5.41) is 0. The van der Waals surface area contributed by atoms with E-state index >= 15 is 0 Å². The maximum Gasteiger partial charge on any atom is 0.120 e. The van der Waals surface area contributed by atoms with Gasteiger partial charge < -0.3 is 4.74 Å². The smallest absolute Gasteiger partial charge is 0.120 e. The second-order valence-electron chi connectivity index (χ2n) is 3.46. The lowest BCUT2D eigenvalue weighted by atomic mass is 10.2. The van der Waals surface area contributed by atoms with Crippen LogP contribution in [0.25, 0.3) is 0 Å². The molecule has 2 heteroatoms. The molecule has 0 N–H and O–H groups in total. The zero-order chi connectivity index (χ0) is 12.1. The molecule has 0 aliphatic carbocycles. The van der Waals surface area contributed by atoms with E-state index in [9.17, 15) is 0 Å². The minimum Gasteiger partial charge on any atom is -0.497 e. The summed E-state index contributed by atoms with van der Waals surface area (Å²) in [6.45, 7) is 0. The highest BCUT2D eigenvalue weighted by Gasteiger charge is 1.98. The third kappa shape index (κ3) is 3.12. The Morgan fingerprint density at radius 2 is 1.76 bits per heavy atom. The Labute approximate surface area is 110 Å². The summed E-state index contributed by atoms with van der Waals surface area (Å²) in [5.74, 6) is 7.07. The van der Waals surface area contributed by atoms with E-state index in [4.69, 9.17) is 4.74 Å². The number of rotatable bonds is 1. The van der Waals surface area contributed by atoms with Crippen molar-refractivity contribution in [3.8, 4) is 17.6 Å². The Hall–Kier alpha value is -1.72. The van der Waals surface area contributed by atoms with Gasteiger partial charge in [0.15, 0.2) is 0 Å². The van der Waals surface area contributed by atoms with Crippen molar-refractivity contribution in [3.05, 3.63) is 64.1 Å². The van der Waals surface area contributed by atoms with Gasteiger partial charge in [-0.1, -0.05) is 30.0 Å². The zero-order valence-corrected chi connectivity index (χ0v) is 11.0. The maximum atomic E-state index is 5.13. The zero-order valence-electron chi connectivity index (χ0n) is 9.41. The first-order valence-corrected chi connectivity index (χ1v) is 5.99. The molecule has 0 saturated heterocycles. The van der Waals surface area contributed by atoms with Crippen LogP contribution in [0.5, 0.6) is 5.75 Å². The van der Waals surface area contributed by atoms with E-state index in [1.165, 1.54) is 0 Å². The largest absolute Gasteiger partial charge is 0.497 e. The molecular weight excluding hydrogens is 276 g/mol. The fourth-order valence-electron chi connectivity index (χ4n) is 1.39. The molecule has 0 bridgehead atoms. The van der Waals surface area contributed by atoms with Crippen molar-refractivity contribution < 1.29 is 4.74 Å². The number of hydrogen-bond donors (Lipinski definition) is 0. The molecule has 0 amide bonds. The first kappa shape index (κ1) is 11.8. The molecule has 2 rings (SSSR count). The molecule has 0 spiro atoms. The van der Waals surface area contributed by atoms with Gasteiger partial charge >= 0.3 is 0 Å². The molecule has 0 heterocycles. The average molecular weight is 287 g/mol. The normalized spacial score (nSPS) is 9.29. The molecule has 0 atom stereocenters. The van der Waals surface area contributed by atoms with Crippen molar-refractivity contribution in [2.24, 2.45) is 0 Å². The molecule has 0 aromatic heterocycles. The van der Waals surface area contributed by atoms with Crippen LogP contribution in [0.2, 0.25) is 0 Å². The summed E-state index contributed by atoms with van der Waals surface area (Å²) in [7, 11) is 1.65. The van der Waals surface area contributed by atoms with Gasteiger partial charge in [0.2, 0.25) is 0 Å². The lowest BCUT2D eigenvalue weighted by molar-refractivity contribution is 0.414. The highest BCUT2D eigenvalue weighted by atomic mass is 79.9. The third-order valence-electron chi connectivity index (χ3n) is 2.29. The fourth-order valence-corrected chi connectivity index (χ4v) is 1.84. The van der Waals surface area contributed by atoms with Gasteiger partial charge in [0, 0.05) is 15.6 Å². The highest BCUT2D eigenvalue weighted by molar-refractivity contribution is 9.10. The summed E-state index contributed by atoms with van der Waals surface area (Å²) >= 11 is 3.48. The number of benzene rings is 2. The van der Waals surface area contributed by atoms with Crippen LogP contribution >= 0.6 is 15.9 Å². The summed E-state index contributed by atoms with van der Waals surface area (Å²) < 4.78 is 6.08. The average Bonchev–Trinajstić information content (AvgIpc) is 2.38. The molecule has 0 aliphatic rings. The van der Waals surface area contributed by atoms with E-state index in [2.05, 4.69) is 27.8 Å². The first-order chi connectivity index (χ1) is 8.29. The molecule has 0 fully saturated rings. The Balaban J connectivity index is 2.28. The molecule has 84 valence electrons. The molecule has 2 aromatic carbocycles. The van der Waals surface area contributed by atoms with Gasteiger partial charge in [0.05, 0.1) is 7.11 Å². The van der Waals surface area contributed by atoms with Crippen LogP contribution in [0, 0.1) is 11.8 Å². The molecule has 1 nitrogen and oxygen atoms in total. The van der Waals surface area contributed by atoms with Gasteiger partial charge in [-0.3, -0.25) is 0 Å². The van der Waals surface area contributed by atoms with Crippen LogP contribution in [0.15, 0.2) is 53.0 Å². The molecular formula is C15H11BrO. The first-order valence-electron chi connectivity index (χ1n) is 5.20. The lowest BCUT2D eigenvalue weighted by Gasteiger charge is -2.01. The van der Waals surface area contributed by atoms with Crippen molar-refractivity contribution in [3.63, 3.8) is 0 Å². The summed E-state index contributed by atoms with van der Waals surface area (Å²) in [5.41, 5.74) is 1.96. The highest BCUT2D eigenvalue weighted by Crippen LogP contribution is 2.22. The van der Waals surface area contributed by atoms with Crippen LogP contribution in [-0.4, -0.2) is 7.11 Å². The van der Waals surface area contributed by atoms with E-state index in [0.29, 0.717) is 0 Å². The monoisotopic (exact) mass is 286 g/mol. The van der Waals surface area contributed by atoms with E-state index < -0.39 is 0 Å². The second-order valence-corrected chi connectivity index (χ2v) is 4.32. The Kier molecular flexibility index (Phi) is 3.85. The van der Waals surface area contributed by atoms with Crippen molar-refractivity contribution in [1.29, 1.82) is 0 Å². The van der Waals surface area contributed by atoms with Crippen LogP contribution < -0.4 is 4.74 Å². The van der Waals surface area contributed by atoms with Crippen molar-refractivity contribution in [2.75, 3.05) is 7.11 Å². The van der Waals surface area contributed by atoms with Gasteiger partial charge in [-0.25, -0.2) is 0 Å². The molecule has 0 unspecified atom stereocenters. The van der Waals surface area contributed by atoms with Gasteiger partial charge in [-0.15, -0.1) is 0 Å². The van der Waals surface area contributed by atoms with E-state index in [-0.39, 0.29) is 0 Å². The van der Waals surface area contributed by atoms with E-state index in [1.807, 2.05) is 48.5 Å². The Morgan fingerprint density at radius 3 is 2.41 bits per heavy atom. The minimum absolute atomic E-state index is 0.821. The predicted molar refractivity (Wildman–Crippen MR) is 73.1 cm³/mol. The number of hydrogen-bond acceptors (Lipinski definition) is 1. The summed E-state index contributed by atoms with van der Waals surface area (Å²) in [6.07, 6.45) is 0. The molecule has 0 aliphatic heterocycles. The fraction of sp³-hybridized carbons (Fsp3) is 0.0667. The minimum atomic E-state index is 0.821. The molecule has 0 saturated carbocycles. The topological polar surface area (TPSA) is 9.23 Å². The predicted octanol–water partition coefficient (Wildman–Crippen LogP) is 3.86. The molecule has 2 aromatic rings. The standard InChI is InChI=1S/C15H11BrO/c1-17-14-10-9-13(15(16)11-14)8-7-12-5-3-2-4-6-12/h2-6,9-11H,1H3. The van der Waals surface area contributed by atoms with Crippen LogP contribution in [0.3, 0.4) is 0 Å². The maximum absolute atomic E-state index is 5.13. The quantitative estimate of drug-likeness (QED) is 0.724. The number of methoxy groups -OCH3 is 1. The SMILES string of the molecule is COc1ccc(C#Cc2ccccc2)c(Br)c1. The Bertz CT molecular complexity index is 564. The van der Waals surface area contributed by atoms with Gasteiger partial charge in [0.25, 0.3) is 0 Å². The molecule has 17 heavy (non-hydrogen) atoms. The van der Waals surface area contributed by atoms with Crippen molar-refractivity contribution in [2.45, 2.75) is 0 Å². The second kappa shape index (κ2) is 5.56. The Morgan fingerprint density at radius 1 is 1.00 bits per heavy atom. The lowest BCUT2D eigenvalue weighted by Crippen LogP contribution is -1.84. The van der Waals surface area contributed by atoms with Crippen LogP contribution in [-0.2, 0) is 0 Å². The van der Waals surface area contributed by atoms with Crippen molar-refractivity contribution in [1.82, 2.24) is 0 Å². The number of halogens is 1. The summed E-state index contributed by atoms with van der Waals surface area (Å²) in [4.78, 5) is 0. The number of ether oxygens (including phenoxy) is 1. The third-order valence-corrected chi connectivity index (χ3v) is 2.95. The van der Waals surface area contributed by atoms with Crippen molar-refractivity contribution >= 4 is 15.9 Å². The van der Waals surface area contributed by atoms with Crippen LogP contribution in [0.1, 0.15) is 11.1 Å². The molecule has 0 radical (unpaired) electrons.